The fourth-order valence-corrected chi connectivity index (χ4v) is 6.55. The lowest BCUT2D eigenvalue weighted by molar-refractivity contribution is -0.660. The minimum Gasteiger partial charge on any atom is -0.201 e. The first kappa shape index (κ1) is 22.7. The molecule has 0 aliphatic rings. The van der Waals surface area contributed by atoms with E-state index in [4.69, 9.17) is 5.26 Å². The van der Waals surface area contributed by atoms with E-state index in [-0.39, 0.29) is 0 Å². The zero-order valence-corrected chi connectivity index (χ0v) is 21.3. The number of hydrogen-bond donors (Lipinski definition) is 0. The Morgan fingerprint density at radius 1 is 0.676 bits per heavy atom. The van der Waals surface area contributed by atoms with E-state index < -0.39 is 0 Å². The van der Waals surface area contributed by atoms with Crippen molar-refractivity contribution in [1.29, 1.82) is 10.5 Å². The molecule has 0 unspecified atom stereocenters. The summed E-state index contributed by atoms with van der Waals surface area (Å²) in [5, 5.41) is 21.6. The average molecular weight is 493 g/mol. The van der Waals surface area contributed by atoms with Crippen molar-refractivity contribution in [3.05, 3.63) is 114 Å². The summed E-state index contributed by atoms with van der Waals surface area (Å²) in [6.07, 6.45) is 2.08. The molecule has 37 heavy (non-hydrogen) atoms. The molecule has 0 radical (unpaired) electrons. The van der Waals surface area contributed by atoms with Crippen LogP contribution in [0.15, 0.2) is 97.2 Å². The predicted molar refractivity (Wildman–Crippen MR) is 151 cm³/mol. The molecule has 0 bridgehead atoms. The Kier molecular flexibility index (Phi) is 5.53. The zero-order chi connectivity index (χ0) is 25.5. The maximum atomic E-state index is 10.1. The number of hydrogen-bond acceptors (Lipinski definition) is 3. The van der Waals surface area contributed by atoms with Crippen molar-refractivity contribution in [3.63, 3.8) is 0 Å². The first-order valence-electron chi connectivity index (χ1n) is 12.0. The highest BCUT2D eigenvalue weighted by Crippen LogP contribution is 2.45. The normalized spacial score (nSPS) is 10.9. The second-order valence-corrected chi connectivity index (χ2v) is 10.2. The van der Waals surface area contributed by atoms with Crippen LogP contribution in [0.4, 0.5) is 0 Å². The summed E-state index contributed by atoms with van der Waals surface area (Å²) in [7, 11) is 2.08. The molecular weight excluding hydrogens is 470 g/mol. The van der Waals surface area contributed by atoms with Gasteiger partial charge in [-0.3, -0.25) is 0 Å². The van der Waals surface area contributed by atoms with Gasteiger partial charge >= 0.3 is 0 Å². The maximum Gasteiger partial charge on any atom is 0.213 e. The average Bonchev–Trinajstić information content (AvgIpc) is 3.31. The first-order chi connectivity index (χ1) is 18.1. The highest BCUT2D eigenvalue weighted by atomic mass is 32.1. The molecule has 4 aromatic carbocycles. The first-order valence-corrected chi connectivity index (χ1v) is 12.9. The summed E-state index contributed by atoms with van der Waals surface area (Å²) >= 11 is 1.76. The number of pyridine rings is 1. The summed E-state index contributed by atoms with van der Waals surface area (Å²) in [5.74, 6) is 0. The van der Waals surface area contributed by atoms with Gasteiger partial charge in [-0.2, -0.15) is 10.5 Å². The van der Waals surface area contributed by atoms with Crippen molar-refractivity contribution in [3.8, 4) is 45.6 Å². The van der Waals surface area contributed by atoms with Gasteiger partial charge in [0.2, 0.25) is 5.69 Å². The maximum absolute atomic E-state index is 10.1. The Morgan fingerprint density at radius 2 is 1.41 bits per heavy atom. The molecule has 0 N–H and O–H groups in total. The van der Waals surface area contributed by atoms with Gasteiger partial charge in [0.15, 0.2) is 6.20 Å². The standard InChI is InChI=1S/C33H22N3S/c1-21-9-15-27-28-16-14-26(20-35)31(33(28)37-32(27)30(21)29-8-3-4-17-36(29)2)25-7-5-6-24(18-25)23-12-10-22(19-34)11-13-23/h3-18H,1-2H3/q+1. The molecule has 0 aliphatic heterocycles. The van der Waals surface area contributed by atoms with Gasteiger partial charge in [0.1, 0.15) is 7.05 Å². The number of nitriles is 2. The highest BCUT2D eigenvalue weighted by molar-refractivity contribution is 7.27. The lowest BCUT2D eigenvalue weighted by Crippen LogP contribution is -2.30. The van der Waals surface area contributed by atoms with E-state index in [9.17, 15) is 5.26 Å². The summed E-state index contributed by atoms with van der Waals surface area (Å²) in [6, 6.07) is 35.3. The quantitative estimate of drug-likeness (QED) is 0.236. The monoisotopic (exact) mass is 492 g/mol. The van der Waals surface area contributed by atoms with E-state index in [1.165, 1.54) is 26.9 Å². The molecule has 2 heterocycles. The van der Waals surface area contributed by atoms with Crippen LogP contribution in [-0.2, 0) is 7.05 Å². The number of aromatic nitrogens is 1. The van der Waals surface area contributed by atoms with Gasteiger partial charge in [-0.15, -0.1) is 11.3 Å². The molecule has 2 aromatic heterocycles. The Balaban J connectivity index is 1.62. The molecule has 4 heteroatoms. The molecule has 3 nitrogen and oxygen atoms in total. The molecule has 0 atom stereocenters. The molecule has 6 rings (SSSR count). The van der Waals surface area contributed by atoms with E-state index in [1.807, 2.05) is 42.5 Å². The van der Waals surface area contributed by atoms with Gasteiger partial charge < -0.3 is 0 Å². The van der Waals surface area contributed by atoms with Gasteiger partial charge in [-0.25, -0.2) is 4.57 Å². The van der Waals surface area contributed by atoms with Gasteiger partial charge in [0, 0.05) is 37.9 Å². The smallest absolute Gasteiger partial charge is 0.201 e. The summed E-state index contributed by atoms with van der Waals surface area (Å²) in [4.78, 5) is 0. The van der Waals surface area contributed by atoms with Crippen LogP contribution in [0.25, 0.3) is 53.7 Å². The summed E-state index contributed by atoms with van der Waals surface area (Å²) in [6.45, 7) is 2.16. The lowest BCUT2D eigenvalue weighted by atomic mass is 9.94. The number of aryl methyl sites for hydroxylation is 2. The summed E-state index contributed by atoms with van der Waals surface area (Å²) in [5.41, 5.74) is 9.01. The molecule has 0 aliphatic carbocycles. The van der Waals surface area contributed by atoms with Crippen molar-refractivity contribution < 1.29 is 4.57 Å². The highest BCUT2D eigenvalue weighted by Gasteiger charge is 2.21. The minimum absolute atomic E-state index is 0.639. The number of rotatable bonds is 3. The second-order valence-electron chi connectivity index (χ2n) is 9.18. The number of fused-ring (bicyclic) bond motifs is 3. The number of nitrogens with zero attached hydrogens (tertiary/aromatic N) is 3. The third kappa shape index (κ3) is 3.76. The predicted octanol–water partition coefficient (Wildman–Crippen LogP) is 7.93. The number of benzene rings is 4. The second kappa shape index (κ2) is 9.03. The molecule has 6 aromatic rings. The van der Waals surface area contributed by atoms with Crippen molar-refractivity contribution in [1.82, 2.24) is 0 Å². The lowest BCUT2D eigenvalue weighted by Gasteiger charge is -2.09. The molecular formula is C33H22N3S+. The molecule has 0 saturated heterocycles. The van der Waals surface area contributed by atoms with Crippen LogP contribution >= 0.6 is 11.3 Å². The van der Waals surface area contributed by atoms with Gasteiger partial charge in [0.25, 0.3) is 0 Å². The Hall–Kier alpha value is -4.77. The topological polar surface area (TPSA) is 51.5 Å². The summed E-state index contributed by atoms with van der Waals surface area (Å²) < 4.78 is 4.52. The van der Waals surface area contributed by atoms with Crippen molar-refractivity contribution in [2.75, 3.05) is 0 Å². The SMILES string of the molecule is Cc1ccc2c(sc3c(-c4cccc(-c5ccc(C#N)cc5)c4)c(C#N)ccc32)c1-c1cccc[n+]1C. The van der Waals surface area contributed by atoms with Crippen molar-refractivity contribution in [2.45, 2.75) is 6.92 Å². The van der Waals surface area contributed by atoms with Gasteiger partial charge in [0.05, 0.1) is 28.8 Å². The van der Waals surface area contributed by atoms with Crippen LogP contribution in [0, 0.1) is 29.6 Å². The third-order valence-corrected chi connectivity index (χ3v) is 8.20. The molecule has 0 amide bonds. The van der Waals surface area contributed by atoms with E-state index in [1.54, 1.807) is 11.3 Å². The van der Waals surface area contributed by atoms with Crippen molar-refractivity contribution in [2.24, 2.45) is 7.05 Å². The van der Waals surface area contributed by atoms with Gasteiger partial charge in [-0.05, 0) is 59.5 Å². The van der Waals surface area contributed by atoms with Crippen LogP contribution in [-0.4, -0.2) is 0 Å². The van der Waals surface area contributed by atoms with Crippen LogP contribution < -0.4 is 4.57 Å². The molecule has 0 fully saturated rings. The Morgan fingerprint density at radius 3 is 2.14 bits per heavy atom. The van der Waals surface area contributed by atoms with Crippen molar-refractivity contribution >= 4 is 31.5 Å². The fraction of sp³-hybridized carbons (Fsp3) is 0.0606. The Labute approximate surface area is 219 Å². The third-order valence-electron chi connectivity index (χ3n) is 6.95. The molecule has 0 spiro atoms. The van der Waals surface area contributed by atoms with E-state index in [0.717, 1.165) is 32.3 Å². The zero-order valence-electron chi connectivity index (χ0n) is 20.5. The van der Waals surface area contributed by atoms with Crippen LogP contribution in [0.3, 0.4) is 0 Å². The van der Waals surface area contributed by atoms with E-state index in [0.29, 0.717) is 11.1 Å². The van der Waals surface area contributed by atoms with Crippen LogP contribution in [0.1, 0.15) is 16.7 Å². The fourth-order valence-electron chi connectivity index (χ4n) is 5.07. The number of thiophene rings is 1. The molecule has 0 saturated carbocycles. The van der Waals surface area contributed by atoms with Crippen LogP contribution in [0.5, 0.6) is 0 Å². The Bertz CT molecular complexity index is 1920. The largest absolute Gasteiger partial charge is 0.213 e. The van der Waals surface area contributed by atoms with E-state index >= 15 is 0 Å². The molecule has 174 valence electrons. The van der Waals surface area contributed by atoms with Crippen LogP contribution in [0.2, 0.25) is 0 Å². The minimum atomic E-state index is 0.639. The van der Waals surface area contributed by atoms with E-state index in [2.05, 4.69) is 85.4 Å². The van der Waals surface area contributed by atoms with Gasteiger partial charge in [-0.1, -0.05) is 48.5 Å².